The molecule has 0 aromatic heterocycles. The lowest BCUT2D eigenvalue weighted by molar-refractivity contribution is -0.170. The first-order valence-electron chi connectivity index (χ1n) is 7.24. The molecule has 0 bridgehead atoms. The number of hydrogen-bond acceptors (Lipinski definition) is 2. The van der Waals surface area contributed by atoms with Crippen LogP contribution in [0.5, 0.6) is 0 Å². The maximum absolute atomic E-state index is 12.7. The Morgan fingerprint density at radius 1 is 1.22 bits per heavy atom. The summed E-state index contributed by atoms with van der Waals surface area (Å²) in [6, 6.07) is -0.412. The topological polar surface area (TPSA) is 40.6 Å². The van der Waals surface area contributed by atoms with E-state index >= 15 is 0 Å². The summed E-state index contributed by atoms with van der Waals surface area (Å²) in [5.41, 5.74) is -0.0131. The molecule has 0 aromatic rings. The van der Waals surface area contributed by atoms with Crippen molar-refractivity contribution in [2.24, 2.45) is 0 Å². The molecule has 2 unspecified atom stereocenters. The van der Waals surface area contributed by atoms with Gasteiger partial charge in [0.1, 0.15) is 12.1 Å². The molecule has 3 rings (SSSR count). The highest BCUT2D eigenvalue weighted by molar-refractivity contribution is 5.97. The highest BCUT2D eigenvalue weighted by Crippen LogP contribution is 2.44. The summed E-state index contributed by atoms with van der Waals surface area (Å²) in [5.74, 6) is 0.373. The summed E-state index contributed by atoms with van der Waals surface area (Å²) in [6.07, 6.45) is 6.13. The number of nitrogens with zero attached hydrogens (tertiary/aromatic N) is 2. The predicted octanol–water partition coefficient (Wildman–Crippen LogP) is 1.54. The fourth-order valence-corrected chi connectivity index (χ4v) is 3.98. The normalized spacial score (nSPS) is 34.6. The molecule has 0 radical (unpaired) electrons. The predicted molar refractivity (Wildman–Crippen MR) is 67.9 cm³/mol. The van der Waals surface area contributed by atoms with E-state index in [0.717, 1.165) is 38.6 Å². The van der Waals surface area contributed by atoms with E-state index in [1.54, 1.807) is 0 Å². The summed E-state index contributed by atoms with van der Waals surface area (Å²) in [7, 11) is 0. The number of rotatable bonds is 2. The molecule has 4 nitrogen and oxygen atoms in total. The van der Waals surface area contributed by atoms with Crippen LogP contribution in [0.2, 0.25) is 0 Å². The smallest absolute Gasteiger partial charge is 0.246 e. The van der Waals surface area contributed by atoms with Gasteiger partial charge in [0.15, 0.2) is 0 Å². The van der Waals surface area contributed by atoms with E-state index in [9.17, 15) is 9.59 Å². The summed E-state index contributed by atoms with van der Waals surface area (Å²) in [4.78, 5) is 28.9. The van der Waals surface area contributed by atoms with Gasteiger partial charge in [0.25, 0.3) is 0 Å². The highest BCUT2D eigenvalue weighted by Gasteiger charge is 2.54. The van der Waals surface area contributed by atoms with Crippen LogP contribution in [-0.2, 0) is 9.59 Å². The van der Waals surface area contributed by atoms with Crippen LogP contribution in [0.3, 0.4) is 0 Å². The minimum Gasteiger partial charge on any atom is -0.329 e. The van der Waals surface area contributed by atoms with Crippen molar-refractivity contribution in [3.8, 4) is 0 Å². The third-order valence-corrected chi connectivity index (χ3v) is 5.26. The first kappa shape index (κ1) is 12.0. The van der Waals surface area contributed by atoms with Gasteiger partial charge in [-0.25, -0.2) is 0 Å². The monoisotopic (exact) mass is 250 g/mol. The van der Waals surface area contributed by atoms with Crippen molar-refractivity contribution in [1.82, 2.24) is 9.80 Å². The van der Waals surface area contributed by atoms with Gasteiger partial charge in [-0.05, 0) is 45.4 Å². The first-order valence-corrected chi connectivity index (χ1v) is 7.24. The van der Waals surface area contributed by atoms with Gasteiger partial charge in [-0.3, -0.25) is 9.59 Å². The maximum atomic E-state index is 12.7. The van der Waals surface area contributed by atoms with Gasteiger partial charge in [0.2, 0.25) is 11.8 Å². The molecule has 2 saturated heterocycles. The molecule has 2 atom stereocenters. The van der Waals surface area contributed by atoms with Crippen LogP contribution in [0, 0.1) is 0 Å². The lowest BCUT2D eigenvalue weighted by Crippen LogP contribution is -2.70. The van der Waals surface area contributed by atoms with Crippen molar-refractivity contribution in [3.63, 3.8) is 0 Å². The summed E-state index contributed by atoms with van der Waals surface area (Å²) >= 11 is 0. The molecule has 18 heavy (non-hydrogen) atoms. The standard InChI is InChI=1S/C14H22N2O2/c1-3-14(7-5-8-14)16-10(2)12(17)15-9-4-6-11(15)13(16)18/h10-11H,3-9H2,1-2H3. The van der Waals surface area contributed by atoms with Gasteiger partial charge >= 0.3 is 0 Å². The SMILES string of the molecule is CCC1(N2C(=O)C3CCCN3C(=O)C2C)CCC1. The van der Waals surface area contributed by atoms with Gasteiger partial charge in [0, 0.05) is 12.1 Å². The van der Waals surface area contributed by atoms with Crippen LogP contribution in [0.4, 0.5) is 0 Å². The number of hydrogen-bond donors (Lipinski definition) is 0. The average Bonchev–Trinajstić information content (AvgIpc) is 2.79. The zero-order valence-electron chi connectivity index (χ0n) is 11.3. The largest absolute Gasteiger partial charge is 0.329 e. The Kier molecular flexibility index (Phi) is 2.65. The molecule has 2 aliphatic heterocycles. The van der Waals surface area contributed by atoms with Crippen molar-refractivity contribution in [2.75, 3.05) is 6.54 Å². The molecular formula is C14H22N2O2. The molecular weight excluding hydrogens is 228 g/mol. The van der Waals surface area contributed by atoms with E-state index in [1.807, 2.05) is 16.7 Å². The zero-order chi connectivity index (χ0) is 12.9. The fraction of sp³-hybridized carbons (Fsp3) is 0.857. The average molecular weight is 250 g/mol. The van der Waals surface area contributed by atoms with Crippen LogP contribution in [0.1, 0.15) is 52.4 Å². The lowest BCUT2D eigenvalue weighted by atomic mass is 9.72. The van der Waals surface area contributed by atoms with Crippen molar-refractivity contribution in [2.45, 2.75) is 70.0 Å². The zero-order valence-corrected chi connectivity index (χ0v) is 11.3. The molecule has 2 amide bonds. The second-order valence-electron chi connectivity index (χ2n) is 6.01. The van der Waals surface area contributed by atoms with E-state index in [4.69, 9.17) is 0 Å². The van der Waals surface area contributed by atoms with Crippen LogP contribution in [0.25, 0.3) is 0 Å². The Bertz CT molecular complexity index is 384. The van der Waals surface area contributed by atoms with Crippen molar-refractivity contribution in [1.29, 1.82) is 0 Å². The fourth-order valence-electron chi connectivity index (χ4n) is 3.98. The van der Waals surface area contributed by atoms with E-state index < -0.39 is 0 Å². The van der Waals surface area contributed by atoms with Crippen molar-refractivity contribution >= 4 is 11.8 Å². The number of amides is 2. The minimum absolute atomic E-state index is 0.0131. The quantitative estimate of drug-likeness (QED) is 0.746. The Morgan fingerprint density at radius 2 is 1.94 bits per heavy atom. The minimum atomic E-state index is -0.257. The maximum Gasteiger partial charge on any atom is 0.246 e. The molecule has 4 heteroatoms. The Labute approximate surface area is 108 Å². The molecule has 3 aliphatic rings. The van der Waals surface area contributed by atoms with Crippen LogP contribution < -0.4 is 0 Å². The second kappa shape index (κ2) is 3.97. The van der Waals surface area contributed by atoms with E-state index in [-0.39, 0.29) is 29.4 Å². The summed E-state index contributed by atoms with van der Waals surface area (Å²) in [5, 5.41) is 0. The van der Waals surface area contributed by atoms with Crippen LogP contribution in [-0.4, -0.2) is 45.8 Å². The molecule has 3 fully saturated rings. The van der Waals surface area contributed by atoms with Crippen molar-refractivity contribution in [3.05, 3.63) is 0 Å². The molecule has 100 valence electrons. The first-order chi connectivity index (χ1) is 8.60. The highest BCUT2D eigenvalue weighted by atomic mass is 16.2. The molecule has 0 spiro atoms. The van der Waals surface area contributed by atoms with Gasteiger partial charge in [-0.1, -0.05) is 6.92 Å². The molecule has 1 aliphatic carbocycles. The van der Waals surface area contributed by atoms with Crippen molar-refractivity contribution < 1.29 is 9.59 Å². The molecule has 1 saturated carbocycles. The van der Waals surface area contributed by atoms with Gasteiger partial charge < -0.3 is 9.80 Å². The third-order valence-electron chi connectivity index (χ3n) is 5.26. The number of piperazine rings is 1. The van der Waals surface area contributed by atoms with Crippen LogP contribution in [0.15, 0.2) is 0 Å². The van der Waals surface area contributed by atoms with Gasteiger partial charge in [-0.15, -0.1) is 0 Å². The van der Waals surface area contributed by atoms with E-state index in [0.29, 0.717) is 0 Å². The Hall–Kier alpha value is -1.06. The Morgan fingerprint density at radius 3 is 2.50 bits per heavy atom. The van der Waals surface area contributed by atoms with E-state index in [1.165, 1.54) is 6.42 Å². The van der Waals surface area contributed by atoms with Crippen LogP contribution >= 0.6 is 0 Å². The molecule has 2 heterocycles. The second-order valence-corrected chi connectivity index (χ2v) is 6.01. The third kappa shape index (κ3) is 1.38. The Balaban J connectivity index is 1.94. The van der Waals surface area contributed by atoms with Gasteiger partial charge in [0.05, 0.1) is 0 Å². The number of carbonyl (C=O) groups excluding carboxylic acids is 2. The van der Waals surface area contributed by atoms with E-state index in [2.05, 4.69) is 6.92 Å². The number of carbonyl (C=O) groups is 2. The summed E-state index contributed by atoms with van der Waals surface area (Å²) < 4.78 is 0. The molecule has 0 aromatic carbocycles. The lowest BCUT2D eigenvalue weighted by Gasteiger charge is -2.55. The summed E-state index contributed by atoms with van der Waals surface area (Å²) in [6.45, 7) is 4.82. The molecule has 0 N–H and O–H groups in total. The number of fused-ring (bicyclic) bond motifs is 1. The van der Waals surface area contributed by atoms with Gasteiger partial charge in [-0.2, -0.15) is 0 Å².